The Morgan fingerprint density at radius 3 is 3.12 bits per heavy atom. The van der Waals surface area contributed by atoms with E-state index in [9.17, 15) is 0 Å². The number of rotatable bonds is 5. The first-order chi connectivity index (χ1) is 8.19. The second-order valence-electron chi connectivity index (χ2n) is 4.07. The summed E-state index contributed by atoms with van der Waals surface area (Å²) >= 11 is 1.84. The van der Waals surface area contributed by atoms with Gasteiger partial charge in [-0.25, -0.2) is 0 Å². The van der Waals surface area contributed by atoms with Gasteiger partial charge >= 0.3 is 0 Å². The number of hydrogen-bond donors (Lipinski definition) is 2. The molecule has 0 spiro atoms. The molecule has 1 atom stereocenters. The first kappa shape index (κ1) is 12.1. The van der Waals surface area contributed by atoms with Gasteiger partial charge in [-0.3, -0.25) is 0 Å². The third-order valence-electron chi connectivity index (χ3n) is 2.54. The molecule has 0 saturated heterocycles. The average Bonchev–Trinajstić information content (AvgIpc) is 2.67. The molecule has 4 nitrogen and oxygen atoms in total. The van der Waals surface area contributed by atoms with E-state index in [1.807, 2.05) is 30.0 Å². The number of anilines is 2. The summed E-state index contributed by atoms with van der Waals surface area (Å²) in [5.74, 6) is 1.13. The molecule has 0 aliphatic carbocycles. The summed E-state index contributed by atoms with van der Waals surface area (Å²) in [5.41, 5.74) is 7.96. The molecule has 0 aliphatic heterocycles. The lowest BCUT2D eigenvalue weighted by Crippen LogP contribution is -2.15. The number of hydrogen-bond acceptors (Lipinski definition) is 5. The lowest BCUT2D eigenvalue weighted by Gasteiger charge is -2.10. The molecule has 0 aliphatic rings. The van der Waals surface area contributed by atoms with Crippen LogP contribution in [0.2, 0.25) is 0 Å². The maximum Gasteiger partial charge on any atom is 0.295 e. The van der Waals surface area contributed by atoms with E-state index in [1.165, 1.54) is 0 Å². The van der Waals surface area contributed by atoms with Crippen LogP contribution in [0.15, 0.2) is 22.6 Å². The van der Waals surface area contributed by atoms with Crippen LogP contribution in [0, 0.1) is 0 Å². The van der Waals surface area contributed by atoms with Gasteiger partial charge in [0.05, 0.1) is 0 Å². The standard InChI is InChI=1S/C12H17N3OS/c1-8(5-6-17-2)14-12-15-10-7-9(13)3-4-11(10)16-12/h3-4,7-8H,5-6,13H2,1-2H3,(H,14,15). The van der Waals surface area contributed by atoms with Crippen LogP contribution >= 0.6 is 11.8 Å². The van der Waals surface area contributed by atoms with Gasteiger partial charge < -0.3 is 15.5 Å². The maximum absolute atomic E-state index is 5.70. The van der Waals surface area contributed by atoms with E-state index < -0.39 is 0 Å². The highest BCUT2D eigenvalue weighted by molar-refractivity contribution is 7.98. The molecule has 2 rings (SSSR count). The van der Waals surface area contributed by atoms with Crippen molar-refractivity contribution in [2.24, 2.45) is 0 Å². The van der Waals surface area contributed by atoms with E-state index in [0.717, 1.165) is 23.3 Å². The molecule has 92 valence electrons. The van der Waals surface area contributed by atoms with Crippen molar-refractivity contribution in [2.75, 3.05) is 23.1 Å². The monoisotopic (exact) mass is 251 g/mol. The van der Waals surface area contributed by atoms with E-state index in [4.69, 9.17) is 10.2 Å². The number of nitrogens with zero attached hydrogens (tertiary/aromatic N) is 1. The molecular formula is C12H17N3OS. The van der Waals surface area contributed by atoms with E-state index >= 15 is 0 Å². The number of aromatic nitrogens is 1. The minimum atomic E-state index is 0.354. The SMILES string of the molecule is CSCCC(C)Nc1nc2cc(N)ccc2o1. The molecule has 3 N–H and O–H groups in total. The summed E-state index contributed by atoms with van der Waals surface area (Å²) in [6, 6.07) is 6.40. The fourth-order valence-electron chi connectivity index (χ4n) is 1.58. The van der Waals surface area contributed by atoms with Crippen molar-refractivity contribution in [2.45, 2.75) is 19.4 Å². The van der Waals surface area contributed by atoms with E-state index in [-0.39, 0.29) is 0 Å². The Labute approximate surface area is 105 Å². The van der Waals surface area contributed by atoms with Crippen molar-refractivity contribution in [3.63, 3.8) is 0 Å². The Bertz CT molecular complexity index is 497. The first-order valence-electron chi connectivity index (χ1n) is 5.60. The van der Waals surface area contributed by atoms with Crippen molar-refractivity contribution in [3.8, 4) is 0 Å². The van der Waals surface area contributed by atoms with E-state index in [1.54, 1.807) is 0 Å². The number of benzene rings is 1. The van der Waals surface area contributed by atoms with Gasteiger partial charge in [-0.15, -0.1) is 0 Å². The fraction of sp³-hybridized carbons (Fsp3) is 0.417. The van der Waals surface area contributed by atoms with Gasteiger partial charge in [0.15, 0.2) is 5.58 Å². The molecule has 5 heteroatoms. The highest BCUT2D eigenvalue weighted by atomic mass is 32.2. The largest absolute Gasteiger partial charge is 0.424 e. The topological polar surface area (TPSA) is 64.1 Å². The summed E-state index contributed by atoms with van der Waals surface area (Å²) in [6.07, 6.45) is 3.19. The number of nitrogens with two attached hydrogens (primary N) is 1. The highest BCUT2D eigenvalue weighted by Crippen LogP contribution is 2.21. The summed E-state index contributed by atoms with van der Waals surface area (Å²) in [6.45, 7) is 2.12. The number of oxazole rings is 1. The molecule has 0 fully saturated rings. The normalized spacial score (nSPS) is 12.8. The number of nitrogen functional groups attached to an aromatic ring is 1. The lowest BCUT2D eigenvalue weighted by atomic mass is 10.3. The van der Waals surface area contributed by atoms with Crippen molar-refractivity contribution >= 4 is 34.6 Å². The fourth-order valence-corrected chi connectivity index (χ4v) is 2.17. The first-order valence-corrected chi connectivity index (χ1v) is 7.00. The molecule has 1 unspecified atom stereocenters. The van der Waals surface area contributed by atoms with E-state index in [0.29, 0.717) is 17.7 Å². The van der Waals surface area contributed by atoms with Crippen molar-refractivity contribution in [1.82, 2.24) is 4.98 Å². The van der Waals surface area contributed by atoms with Gasteiger partial charge in [0.2, 0.25) is 0 Å². The third kappa shape index (κ3) is 3.06. The molecule has 17 heavy (non-hydrogen) atoms. The number of thioether (sulfide) groups is 1. The van der Waals surface area contributed by atoms with Crippen LogP contribution in [0.1, 0.15) is 13.3 Å². The Balaban J connectivity index is 2.08. The smallest absolute Gasteiger partial charge is 0.295 e. The van der Waals surface area contributed by atoms with Crippen LogP contribution in [0.5, 0.6) is 0 Å². The van der Waals surface area contributed by atoms with Gasteiger partial charge in [0, 0.05) is 11.7 Å². The van der Waals surface area contributed by atoms with Crippen molar-refractivity contribution in [3.05, 3.63) is 18.2 Å². The minimum Gasteiger partial charge on any atom is -0.424 e. The molecule has 2 aromatic rings. The lowest BCUT2D eigenvalue weighted by molar-refractivity contribution is 0.597. The van der Waals surface area contributed by atoms with E-state index in [2.05, 4.69) is 23.5 Å². The third-order valence-corrected chi connectivity index (χ3v) is 3.18. The Morgan fingerprint density at radius 1 is 1.53 bits per heavy atom. The number of nitrogens with one attached hydrogen (secondary N) is 1. The zero-order valence-corrected chi connectivity index (χ0v) is 10.9. The second kappa shape index (κ2) is 5.31. The molecule has 1 heterocycles. The molecule has 0 radical (unpaired) electrons. The van der Waals surface area contributed by atoms with Gasteiger partial charge in [-0.05, 0) is 43.6 Å². The van der Waals surface area contributed by atoms with Crippen molar-refractivity contribution < 1.29 is 4.42 Å². The summed E-state index contributed by atoms with van der Waals surface area (Å²) in [5, 5.41) is 3.25. The van der Waals surface area contributed by atoms with Crippen LogP contribution in [0.4, 0.5) is 11.7 Å². The Morgan fingerprint density at radius 2 is 2.35 bits per heavy atom. The minimum absolute atomic E-state index is 0.354. The van der Waals surface area contributed by atoms with Crippen LogP contribution in [0.3, 0.4) is 0 Å². The zero-order chi connectivity index (χ0) is 12.3. The van der Waals surface area contributed by atoms with Crippen LogP contribution in [-0.4, -0.2) is 23.0 Å². The number of fused-ring (bicyclic) bond motifs is 1. The second-order valence-corrected chi connectivity index (χ2v) is 5.06. The van der Waals surface area contributed by atoms with Gasteiger partial charge in [-0.2, -0.15) is 16.7 Å². The summed E-state index contributed by atoms with van der Waals surface area (Å²) in [7, 11) is 0. The zero-order valence-electron chi connectivity index (χ0n) is 10.1. The molecular weight excluding hydrogens is 234 g/mol. The molecule has 0 amide bonds. The van der Waals surface area contributed by atoms with Gasteiger partial charge in [0.1, 0.15) is 5.52 Å². The molecule has 1 aromatic heterocycles. The van der Waals surface area contributed by atoms with Crippen molar-refractivity contribution in [1.29, 1.82) is 0 Å². The summed E-state index contributed by atoms with van der Waals surface area (Å²) < 4.78 is 5.59. The molecule has 1 aromatic carbocycles. The Hall–Kier alpha value is -1.36. The maximum atomic E-state index is 5.70. The van der Waals surface area contributed by atoms with Crippen LogP contribution < -0.4 is 11.1 Å². The van der Waals surface area contributed by atoms with Gasteiger partial charge in [0.25, 0.3) is 6.01 Å². The van der Waals surface area contributed by atoms with Crippen LogP contribution in [-0.2, 0) is 0 Å². The quantitative estimate of drug-likeness (QED) is 0.800. The molecule has 0 bridgehead atoms. The summed E-state index contributed by atoms with van der Waals surface area (Å²) in [4.78, 5) is 4.36. The van der Waals surface area contributed by atoms with Gasteiger partial charge in [-0.1, -0.05) is 0 Å². The predicted octanol–water partition coefficient (Wildman–Crippen LogP) is 2.96. The average molecular weight is 251 g/mol. The van der Waals surface area contributed by atoms with Crippen LogP contribution in [0.25, 0.3) is 11.1 Å². The highest BCUT2D eigenvalue weighted by Gasteiger charge is 2.08. The Kier molecular flexibility index (Phi) is 3.78. The predicted molar refractivity (Wildman–Crippen MR) is 74.5 cm³/mol. The molecule has 0 saturated carbocycles.